The summed E-state index contributed by atoms with van der Waals surface area (Å²) >= 11 is 5.67. The van der Waals surface area contributed by atoms with E-state index in [9.17, 15) is 0 Å². The van der Waals surface area contributed by atoms with Gasteiger partial charge in [0.05, 0.1) is 14.1 Å². The Balaban J connectivity index is 1.77. The van der Waals surface area contributed by atoms with Crippen molar-refractivity contribution >= 4 is 58.5 Å². The third kappa shape index (κ3) is 4.60. The molecule has 0 unspecified atom stereocenters. The van der Waals surface area contributed by atoms with Crippen molar-refractivity contribution in [3.8, 4) is 11.1 Å². The highest BCUT2D eigenvalue weighted by molar-refractivity contribution is 7.38. The van der Waals surface area contributed by atoms with Gasteiger partial charge in [-0.2, -0.15) is 0 Å². The first-order valence-corrected chi connectivity index (χ1v) is 13.3. The first-order valence-electron chi connectivity index (χ1n) is 10.8. The average Bonchev–Trinajstić information content (AvgIpc) is 3.49. The van der Waals surface area contributed by atoms with Gasteiger partial charge in [0, 0.05) is 37.6 Å². The van der Waals surface area contributed by atoms with E-state index in [0.717, 1.165) is 17.1 Å². The summed E-state index contributed by atoms with van der Waals surface area (Å²) in [6.07, 6.45) is 15.9. The van der Waals surface area contributed by atoms with Crippen molar-refractivity contribution in [2.45, 2.75) is 20.8 Å². The van der Waals surface area contributed by atoms with E-state index in [1.807, 2.05) is 72.2 Å². The molecule has 0 radical (unpaired) electrons. The van der Waals surface area contributed by atoms with Gasteiger partial charge in [0.25, 0.3) is 0 Å². The zero-order valence-electron chi connectivity index (χ0n) is 19.2. The quantitative estimate of drug-likeness (QED) is 0.224. The summed E-state index contributed by atoms with van der Waals surface area (Å²) in [5, 5.41) is 2.30. The van der Waals surface area contributed by atoms with Gasteiger partial charge in [-0.3, -0.25) is 0 Å². The molecule has 0 aliphatic rings. The molecule has 1 aromatic carbocycles. The van der Waals surface area contributed by atoms with E-state index in [0.29, 0.717) is 0 Å². The van der Waals surface area contributed by atoms with Crippen LogP contribution in [0.4, 0.5) is 5.69 Å². The Morgan fingerprint density at radius 3 is 2.39 bits per heavy atom. The molecule has 0 saturated carbocycles. The van der Waals surface area contributed by atoms with Crippen LogP contribution in [-0.4, -0.2) is 0 Å². The number of hydrogen-bond acceptors (Lipinski definition) is 4. The summed E-state index contributed by atoms with van der Waals surface area (Å²) in [6.45, 7) is 14.1. The van der Waals surface area contributed by atoms with Gasteiger partial charge < -0.3 is 4.90 Å². The van der Waals surface area contributed by atoms with Crippen LogP contribution in [-0.2, 0) is 0 Å². The lowest BCUT2D eigenvalue weighted by Gasteiger charge is -2.27. The number of thiophene rings is 3. The van der Waals surface area contributed by atoms with Crippen molar-refractivity contribution < 1.29 is 0 Å². The number of allylic oxidation sites excluding steroid dienone is 8. The Hall–Kier alpha value is -2.92. The molecule has 4 aromatic rings. The van der Waals surface area contributed by atoms with E-state index in [4.69, 9.17) is 0 Å². The lowest BCUT2D eigenvalue weighted by molar-refractivity contribution is 1.14. The van der Waals surface area contributed by atoms with Gasteiger partial charge in [0.2, 0.25) is 0 Å². The van der Waals surface area contributed by atoms with Crippen LogP contribution in [0.3, 0.4) is 0 Å². The summed E-state index contributed by atoms with van der Waals surface area (Å²) in [6, 6.07) is 11.1. The smallest absolute Gasteiger partial charge is 0.0635 e. The van der Waals surface area contributed by atoms with Crippen molar-refractivity contribution in [3.05, 3.63) is 114 Å². The fraction of sp³-hybridized carbons (Fsp3) is 0.103. The molecule has 4 heteroatoms. The molecule has 0 spiro atoms. The Bertz CT molecular complexity index is 1410. The van der Waals surface area contributed by atoms with Crippen molar-refractivity contribution in [1.82, 2.24) is 0 Å². The zero-order chi connectivity index (χ0) is 23.4. The molecule has 166 valence electrons. The van der Waals surface area contributed by atoms with Crippen molar-refractivity contribution in [2.75, 3.05) is 4.90 Å². The third-order valence-electron chi connectivity index (χ3n) is 5.31. The number of benzene rings is 1. The third-order valence-corrected chi connectivity index (χ3v) is 8.93. The highest BCUT2D eigenvalue weighted by Crippen LogP contribution is 2.47. The number of aryl methyl sites for hydroxylation is 1. The van der Waals surface area contributed by atoms with Gasteiger partial charge in [-0.1, -0.05) is 55.7 Å². The molecule has 0 atom stereocenters. The van der Waals surface area contributed by atoms with E-state index in [1.165, 1.54) is 34.8 Å². The minimum absolute atomic E-state index is 1.01. The van der Waals surface area contributed by atoms with E-state index >= 15 is 0 Å². The molecule has 0 N–H and O–H groups in total. The summed E-state index contributed by atoms with van der Waals surface area (Å²) in [5.41, 5.74) is 5.73. The van der Waals surface area contributed by atoms with Crippen molar-refractivity contribution in [2.24, 2.45) is 0 Å². The first kappa shape index (κ1) is 23.2. The number of nitrogens with zero attached hydrogens (tertiary/aromatic N) is 1. The van der Waals surface area contributed by atoms with Crippen LogP contribution in [0.1, 0.15) is 18.7 Å². The van der Waals surface area contributed by atoms with Crippen LogP contribution in [0, 0.1) is 6.92 Å². The van der Waals surface area contributed by atoms with E-state index in [1.54, 1.807) is 6.08 Å². The maximum Gasteiger partial charge on any atom is 0.0635 e. The van der Waals surface area contributed by atoms with Crippen LogP contribution < -0.4 is 4.90 Å². The zero-order valence-corrected chi connectivity index (χ0v) is 21.6. The Morgan fingerprint density at radius 2 is 1.73 bits per heavy atom. The lowest BCUT2D eigenvalue weighted by Crippen LogP contribution is -2.19. The predicted octanol–water partition coefficient (Wildman–Crippen LogP) is 10.3. The van der Waals surface area contributed by atoms with Gasteiger partial charge in [0.1, 0.15) is 0 Å². The van der Waals surface area contributed by atoms with E-state index in [-0.39, 0.29) is 0 Å². The van der Waals surface area contributed by atoms with Gasteiger partial charge in [0.15, 0.2) is 0 Å². The van der Waals surface area contributed by atoms with Crippen LogP contribution in [0.5, 0.6) is 0 Å². The SMILES string of the molecule is C=C/C=C\C(=C/C)N(/C(C=C)=C/C=C\C)c1ccc(-c2csc3c2sc2cc(C)sc23)cc1. The highest BCUT2D eigenvalue weighted by atomic mass is 32.1. The normalized spacial score (nSPS) is 13.1. The molecule has 0 saturated heterocycles. The van der Waals surface area contributed by atoms with E-state index < -0.39 is 0 Å². The monoisotopic (exact) mass is 485 g/mol. The molecular formula is C29H27NS3. The second kappa shape index (κ2) is 10.3. The molecule has 0 aliphatic heterocycles. The highest BCUT2D eigenvalue weighted by Gasteiger charge is 2.16. The molecule has 33 heavy (non-hydrogen) atoms. The molecule has 0 aliphatic carbocycles. The van der Waals surface area contributed by atoms with Gasteiger partial charge in [-0.05, 0) is 62.8 Å². The van der Waals surface area contributed by atoms with Crippen LogP contribution in [0.2, 0.25) is 0 Å². The predicted molar refractivity (Wildman–Crippen MR) is 154 cm³/mol. The molecule has 3 aromatic heterocycles. The second-order valence-electron chi connectivity index (χ2n) is 7.47. The van der Waals surface area contributed by atoms with Gasteiger partial charge >= 0.3 is 0 Å². The van der Waals surface area contributed by atoms with Gasteiger partial charge in [-0.25, -0.2) is 0 Å². The van der Waals surface area contributed by atoms with E-state index in [2.05, 4.69) is 78.9 Å². The van der Waals surface area contributed by atoms with Gasteiger partial charge in [-0.15, -0.1) is 34.0 Å². The molecule has 0 bridgehead atoms. The van der Waals surface area contributed by atoms with Crippen molar-refractivity contribution in [3.63, 3.8) is 0 Å². The maximum absolute atomic E-state index is 4.06. The second-order valence-corrected chi connectivity index (χ2v) is 10.7. The minimum atomic E-state index is 1.01. The molecule has 1 nitrogen and oxygen atoms in total. The number of anilines is 1. The maximum atomic E-state index is 4.06. The first-order chi connectivity index (χ1) is 16.1. The van der Waals surface area contributed by atoms with Crippen molar-refractivity contribution in [1.29, 1.82) is 0 Å². The Labute approximate surface area is 208 Å². The Morgan fingerprint density at radius 1 is 0.939 bits per heavy atom. The fourth-order valence-electron chi connectivity index (χ4n) is 3.77. The molecular weight excluding hydrogens is 459 g/mol. The largest absolute Gasteiger partial charge is 0.311 e. The fourth-order valence-corrected chi connectivity index (χ4v) is 7.75. The van der Waals surface area contributed by atoms with Crippen LogP contribution >= 0.6 is 34.0 Å². The van der Waals surface area contributed by atoms with Crippen LogP contribution in [0.15, 0.2) is 109 Å². The molecule has 0 fully saturated rings. The summed E-state index contributed by atoms with van der Waals surface area (Å²) < 4.78 is 5.65. The average molecular weight is 486 g/mol. The minimum Gasteiger partial charge on any atom is -0.311 e. The number of hydrogen-bond donors (Lipinski definition) is 0. The lowest BCUT2D eigenvalue weighted by atomic mass is 10.1. The summed E-state index contributed by atoms with van der Waals surface area (Å²) in [7, 11) is 0. The molecule has 3 heterocycles. The summed E-state index contributed by atoms with van der Waals surface area (Å²) in [4.78, 5) is 3.59. The summed E-state index contributed by atoms with van der Waals surface area (Å²) in [5.74, 6) is 0. The Kier molecular flexibility index (Phi) is 7.29. The molecule has 4 rings (SSSR count). The van der Waals surface area contributed by atoms with Crippen LogP contribution in [0.25, 0.3) is 29.9 Å². The number of fused-ring (bicyclic) bond motifs is 3. The topological polar surface area (TPSA) is 3.24 Å². The number of rotatable bonds is 8. The standard InChI is InChI=1S/C29H27NS3/c1-6-10-12-22(8-3)30(23(9-4)13-11-7-2)24-16-14-21(15-17-24)25-19-31-29-27(25)33-26-18-20(5)32-28(26)29/h6-19H,1,4H2,2-3,5H3/b11-7-,12-10-,22-8+,23-13+. The molecule has 0 amide bonds.